The van der Waals surface area contributed by atoms with Gasteiger partial charge in [0, 0.05) is 25.6 Å². The fourth-order valence-corrected chi connectivity index (χ4v) is 0.949. The predicted molar refractivity (Wildman–Crippen MR) is 68.8 cm³/mol. The van der Waals surface area contributed by atoms with E-state index in [-0.39, 0.29) is 24.2 Å². The van der Waals surface area contributed by atoms with E-state index in [4.69, 9.17) is 10.5 Å². The average Bonchev–Trinajstić information content (AvgIpc) is 2.21. The van der Waals surface area contributed by atoms with Gasteiger partial charge in [0.25, 0.3) is 0 Å². The molecule has 98 valence electrons. The lowest BCUT2D eigenvalue weighted by Crippen LogP contribution is -2.35. The molecule has 1 amide bonds. The van der Waals surface area contributed by atoms with Crippen LogP contribution >= 0.6 is 12.4 Å². The summed E-state index contributed by atoms with van der Waals surface area (Å²) in [5.41, 5.74) is 5.37. The molecule has 3 N–H and O–H groups in total. The lowest BCUT2D eigenvalue weighted by molar-refractivity contribution is -0.124. The number of rotatable bonds is 8. The maximum atomic E-state index is 11.3. The van der Waals surface area contributed by atoms with Gasteiger partial charge in [0.15, 0.2) is 0 Å². The van der Waals surface area contributed by atoms with Crippen LogP contribution in [0.4, 0.5) is 0 Å². The minimum atomic E-state index is -0.110. The molecule has 0 spiro atoms. The van der Waals surface area contributed by atoms with Gasteiger partial charge in [-0.1, -0.05) is 20.8 Å². The summed E-state index contributed by atoms with van der Waals surface area (Å²) in [5, 5.41) is 2.78. The van der Waals surface area contributed by atoms with Gasteiger partial charge in [0.05, 0.1) is 6.61 Å². The van der Waals surface area contributed by atoms with Crippen LogP contribution in [0.15, 0.2) is 0 Å². The van der Waals surface area contributed by atoms with E-state index in [0.29, 0.717) is 25.6 Å². The Hall–Kier alpha value is -0.320. The zero-order chi connectivity index (χ0) is 11.7. The molecule has 0 rings (SSSR count). The third-order valence-electron chi connectivity index (χ3n) is 2.19. The Bertz CT molecular complexity index is 177. The summed E-state index contributed by atoms with van der Waals surface area (Å²) in [5.74, 6) is 0.558. The highest BCUT2D eigenvalue weighted by molar-refractivity contribution is 5.85. The zero-order valence-electron chi connectivity index (χ0n) is 10.5. The van der Waals surface area contributed by atoms with E-state index >= 15 is 0 Å². The minimum Gasteiger partial charge on any atom is -0.380 e. The molecule has 4 nitrogen and oxygen atoms in total. The Balaban J connectivity index is 0. The molecule has 1 atom stereocenters. The van der Waals surface area contributed by atoms with Crippen LogP contribution < -0.4 is 11.1 Å². The van der Waals surface area contributed by atoms with Crippen LogP contribution in [0.2, 0.25) is 0 Å². The lowest BCUT2D eigenvalue weighted by atomic mass is 10.1. The third kappa shape index (κ3) is 10.2. The Morgan fingerprint density at radius 2 is 1.94 bits per heavy atom. The van der Waals surface area contributed by atoms with Crippen LogP contribution in [-0.2, 0) is 9.53 Å². The summed E-state index contributed by atoms with van der Waals surface area (Å²) in [7, 11) is 0. The second-order valence-electron chi connectivity index (χ2n) is 4.22. The Morgan fingerprint density at radius 3 is 2.44 bits per heavy atom. The maximum absolute atomic E-state index is 11.3. The van der Waals surface area contributed by atoms with E-state index in [1.165, 1.54) is 0 Å². The fraction of sp³-hybridized carbons (Fsp3) is 0.909. The van der Waals surface area contributed by atoms with Crippen molar-refractivity contribution in [3.8, 4) is 0 Å². The maximum Gasteiger partial charge on any atom is 0.224 e. The van der Waals surface area contributed by atoms with E-state index < -0.39 is 0 Å². The molecule has 1 unspecified atom stereocenters. The molecule has 0 saturated carbocycles. The normalized spacial score (nSPS) is 12.1. The molecule has 0 aromatic heterocycles. The highest BCUT2D eigenvalue weighted by Gasteiger charge is 2.08. The van der Waals surface area contributed by atoms with Gasteiger partial charge in [0.2, 0.25) is 5.91 Å². The number of nitrogens with two attached hydrogens (primary N) is 1. The number of carbonyl (C=O) groups is 1. The van der Waals surface area contributed by atoms with Crippen LogP contribution in [0, 0.1) is 11.8 Å². The van der Waals surface area contributed by atoms with Crippen molar-refractivity contribution in [2.45, 2.75) is 27.2 Å². The van der Waals surface area contributed by atoms with Crippen molar-refractivity contribution in [2.24, 2.45) is 17.6 Å². The van der Waals surface area contributed by atoms with Gasteiger partial charge < -0.3 is 15.8 Å². The summed E-state index contributed by atoms with van der Waals surface area (Å²) in [6.45, 7) is 8.44. The summed E-state index contributed by atoms with van der Waals surface area (Å²) >= 11 is 0. The van der Waals surface area contributed by atoms with Crippen LogP contribution in [0.25, 0.3) is 0 Å². The number of hydrogen-bond donors (Lipinski definition) is 2. The largest absolute Gasteiger partial charge is 0.380 e. The molecule has 0 bridgehead atoms. The fourth-order valence-electron chi connectivity index (χ4n) is 0.949. The summed E-state index contributed by atoms with van der Waals surface area (Å²) in [4.78, 5) is 11.3. The van der Waals surface area contributed by atoms with Crippen molar-refractivity contribution < 1.29 is 9.53 Å². The van der Waals surface area contributed by atoms with Crippen LogP contribution in [0.3, 0.4) is 0 Å². The van der Waals surface area contributed by atoms with Crippen LogP contribution in [0.5, 0.6) is 0 Å². The number of amides is 1. The monoisotopic (exact) mass is 252 g/mol. The highest BCUT2D eigenvalue weighted by atomic mass is 35.5. The molecule has 0 aromatic carbocycles. The summed E-state index contributed by atoms with van der Waals surface area (Å²) in [6, 6.07) is 0. The first-order valence-electron chi connectivity index (χ1n) is 5.63. The van der Waals surface area contributed by atoms with Crippen molar-refractivity contribution in [1.29, 1.82) is 0 Å². The third-order valence-corrected chi connectivity index (χ3v) is 2.19. The molecule has 5 heteroatoms. The van der Waals surface area contributed by atoms with E-state index in [1.807, 2.05) is 6.92 Å². The second-order valence-corrected chi connectivity index (χ2v) is 4.22. The van der Waals surface area contributed by atoms with Gasteiger partial charge in [-0.2, -0.15) is 0 Å². The van der Waals surface area contributed by atoms with Crippen molar-refractivity contribution >= 4 is 18.3 Å². The smallest absolute Gasteiger partial charge is 0.224 e. The molecular formula is C11H25ClN2O2. The van der Waals surface area contributed by atoms with Gasteiger partial charge >= 0.3 is 0 Å². The zero-order valence-corrected chi connectivity index (χ0v) is 11.3. The van der Waals surface area contributed by atoms with Crippen molar-refractivity contribution in [3.05, 3.63) is 0 Å². The number of ether oxygens (including phenoxy) is 1. The molecule has 0 saturated heterocycles. The van der Waals surface area contributed by atoms with Crippen molar-refractivity contribution in [1.82, 2.24) is 5.32 Å². The number of carbonyl (C=O) groups excluding carboxylic acids is 1. The Labute approximate surface area is 105 Å². The lowest BCUT2D eigenvalue weighted by Gasteiger charge is -2.10. The first kappa shape index (κ1) is 18.1. The Morgan fingerprint density at radius 1 is 1.31 bits per heavy atom. The van der Waals surface area contributed by atoms with Crippen molar-refractivity contribution in [3.63, 3.8) is 0 Å². The quantitative estimate of drug-likeness (QED) is 0.638. The Kier molecular flexibility index (Phi) is 12.6. The van der Waals surface area contributed by atoms with E-state index in [9.17, 15) is 4.79 Å². The molecule has 0 aliphatic rings. The second kappa shape index (κ2) is 11.2. The van der Waals surface area contributed by atoms with Gasteiger partial charge in [-0.15, -0.1) is 12.4 Å². The minimum absolute atomic E-state index is 0. The van der Waals surface area contributed by atoms with Crippen molar-refractivity contribution in [2.75, 3.05) is 26.3 Å². The van der Waals surface area contributed by atoms with Gasteiger partial charge in [0.1, 0.15) is 0 Å². The van der Waals surface area contributed by atoms with Gasteiger partial charge in [-0.25, -0.2) is 0 Å². The SMILES string of the molecule is CC(C)CCOCCNC(=O)C(C)CN.Cl. The number of hydrogen-bond acceptors (Lipinski definition) is 3. The molecule has 0 aliphatic heterocycles. The standard InChI is InChI=1S/C11H24N2O2.ClH/c1-9(2)4-6-15-7-5-13-11(14)10(3)8-12;/h9-10H,4-8,12H2,1-3H3,(H,13,14);1H. The van der Waals surface area contributed by atoms with E-state index in [2.05, 4.69) is 19.2 Å². The summed E-state index contributed by atoms with van der Waals surface area (Å²) < 4.78 is 5.36. The molecule has 0 aliphatic carbocycles. The molecule has 0 radical (unpaired) electrons. The molecule has 16 heavy (non-hydrogen) atoms. The van der Waals surface area contributed by atoms with Gasteiger partial charge in [-0.3, -0.25) is 4.79 Å². The highest BCUT2D eigenvalue weighted by Crippen LogP contribution is 1.98. The number of halogens is 1. The van der Waals surface area contributed by atoms with Gasteiger partial charge in [-0.05, 0) is 12.3 Å². The molecule has 0 heterocycles. The van der Waals surface area contributed by atoms with E-state index in [1.54, 1.807) is 0 Å². The van der Waals surface area contributed by atoms with Crippen LogP contribution in [-0.4, -0.2) is 32.2 Å². The first-order valence-corrected chi connectivity index (χ1v) is 5.63. The average molecular weight is 253 g/mol. The van der Waals surface area contributed by atoms with E-state index in [0.717, 1.165) is 13.0 Å². The summed E-state index contributed by atoms with van der Waals surface area (Å²) in [6.07, 6.45) is 1.06. The number of nitrogens with one attached hydrogen (secondary N) is 1. The topological polar surface area (TPSA) is 64.3 Å². The predicted octanol–water partition coefficient (Wildman–Crippen LogP) is 1.18. The molecule has 0 aromatic rings. The first-order chi connectivity index (χ1) is 7.07. The molecule has 0 fully saturated rings. The van der Waals surface area contributed by atoms with Crippen LogP contribution in [0.1, 0.15) is 27.2 Å². The molecular weight excluding hydrogens is 228 g/mol.